The second-order valence-corrected chi connectivity index (χ2v) is 6.71. The molecule has 0 spiro atoms. The van der Waals surface area contributed by atoms with Crippen molar-refractivity contribution < 1.29 is 9.21 Å². The fourth-order valence-electron chi connectivity index (χ4n) is 3.33. The lowest BCUT2D eigenvalue weighted by molar-refractivity contribution is 0.0755. The van der Waals surface area contributed by atoms with Gasteiger partial charge in [0.15, 0.2) is 5.76 Å². The number of amides is 1. The Kier molecular flexibility index (Phi) is 3.96. The van der Waals surface area contributed by atoms with Crippen molar-refractivity contribution in [3.05, 3.63) is 77.2 Å². The monoisotopic (exact) mass is 344 g/mol. The molecule has 0 aliphatic carbocycles. The average molecular weight is 344 g/mol. The lowest BCUT2D eigenvalue weighted by Gasteiger charge is -2.17. The van der Waals surface area contributed by atoms with Gasteiger partial charge in [0, 0.05) is 36.1 Å². The maximum Gasteiger partial charge on any atom is 0.289 e. The lowest BCUT2D eigenvalue weighted by atomic mass is 10.1. The molecular weight excluding hydrogens is 324 g/mol. The molecule has 4 aromatic rings. The molecule has 0 bridgehead atoms. The minimum absolute atomic E-state index is 0.121. The first-order valence-electron chi connectivity index (χ1n) is 8.62. The topological polar surface area (TPSA) is 46.3 Å². The summed E-state index contributed by atoms with van der Waals surface area (Å²) in [6.07, 6.45) is 1.78. The Bertz CT molecular complexity index is 1120. The van der Waals surface area contributed by atoms with E-state index in [0.29, 0.717) is 12.3 Å². The van der Waals surface area contributed by atoms with Crippen LogP contribution in [-0.2, 0) is 6.54 Å². The van der Waals surface area contributed by atoms with Gasteiger partial charge in [-0.05, 0) is 37.6 Å². The molecule has 0 saturated carbocycles. The molecule has 2 aromatic heterocycles. The molecular formula is C22H20N2O2. The number of furan rings is 1. The number of nitrogens with zero attached hydrogens (tertiary/aromatic N) is 2. The standard InChI is InChI=1S/C22H20N2O2/c1-14-9-10-19-18(12-14)15(2)21(26-19)22(25)24(3)13-17-7-4-6-16-8-5-11-23-20(16)17/h4-12H,13H2,1-3H3. The lowest BCUT2D eigenvalue weighted by Crippen LogP contribution is -2.26. The summed E-state index contributed by atoms with van der Waals surface area (Å²) in [5.74, 6) is 0.283. The van der Waals surface area contributed by atoms with Crippen LogP contribution in [0.1, 0.15) is 27.2 Å². The van der Waals surface area contributed by atoms with Crippen molar-refractivity contribution in [3.8, 4) is 0 Å². The fourth-order valence-corrected chi connectivity index (χ4v) is 3.33. The normalized spacial score (nSPS) is 11.2. The Balaban J connectivity index is 1.67. The van der Waals surface area contributed by atoms with E-state index < -0.39 is 0 Å². The molecule has 0 radical (unpaired) electrons. The number of rotatable bonds is 3. The molecule has 0 atom stereocenters. The quantitative estimate of drug-likeness (QED) is 0.533. The van der Waals surface area contributed by atoms with Gasteiger partial charge in [0.1, 0.15) is 5.58 Å². The van der Waals surface area contributed by atoms with E-state index in [2.05, 4.69) is 11.1 Å². The molecule has 0 saturated heterocycles. The number of aromatic nitrogens is 1. The maximum absolute atomic E-state index is 13.0. The number of pyridine rings is 1. The summed E-state index contributed by atoms with van der Waals surface area (Å²) in [6.45, 7) is 4.45. The van der Waals surface area contributed by atoms with Gasteiger partial charge < -0.3 is 9.32 Å². The van der Waals surface area contributed by atoms with Gasteiger partial charge in [0.2, 0.25) is 0 Å². The van der Waals surface area contributed by atoms with Crippen LogP contribution in [0.4, 0.5) is 0 Å². The van der Waals surface area contributed by atoms with Crippen molar-refractivity contribution in [2.75, 3.05) is 7.05 Å². The molecule has 1 amide bonds. The first-order chi connectivity index (χ1) is 12.5. The molecule has 0 aliphatic rings. The van der Waals surface area contributed by atoms with E-state index in [0.717, 1.165) is 38.6 Å². The molecule has 26 heavy (non-hydrogen) atoms. The molecule has 2 aromatic carbocycles. The van der Waals surface area contributed by atoms with Crippen LogP contribution in [0.25, 0.3) is 21.9 Å². The summed E-state index contributed by atoms with van der Waals surface area (Å²) in [7, 11) is 1.79. The summed E-state index contributed by atoms with van der Waals surface area (Å²) >= 11 is 0. The zero-order valence-electron chi connectivity index (χ0n) is 15.1. The van der Waals surface area contributed by atoms with Crippen molar-refractivity contribution in [1.29, 1.82) is 0 Å². The van der Waals surface area contributed by atoms with Crippen LogP contribution in [0.2, 0.25) is 0 Å². The molecule has 2 heterocycles. The second-order valence-electron chi connectivity index (χ2n) is 6.71. The summed E-state index contributed by atoms with van der Waals surface area (Å²) in [4.78, 5) is 19.1. The smallest absolute Gasteiger partial charge is 0.289 e. The average Bonchev–Trinajstić information content (AvgIpc) is 2.97. The van der Waals surface area contributed by atoms with Crippen molar-refractivity contribution in [3.63, 3.8) is 0 Å². The van der Waals surface area contributed by atoms with Crippen LogP contribution in [0.5, 0.6) is 0 Å². The number of fused-ring (bicyclic) bond motifs is 2. The zero-order chi connectivity index (χ0) is 18.3. The van der Waals surface area contributed by atoms with Crippen molar-refractivity contribution in [1.82, 2.24) is 9.88 Å². The fraction of sp³-hybridized carbons (Fsp3) is 0.182. The van der Waals surface area contributed by atoms with Crippen LogP contribution in [0.3, 0.4) is 0 Å². The number of carbonyl (C=O) groups is 1. The number of para-hydroxylation sites is 1. The highest BCUT2D eigenvalue weighted by atomic mass is 16.3. The van der Waals surface area contributed by atoms with Gasteiger partial charge in [-0.1, -0.05) is 35.9 Å². The van der Waals surface area contributed by atoms with Gasteiger partial charge >= 0.3 is 0 Å². The van der Waals surface area contributed by atoms with Crippen LogP contribution < -0.4 is 0 Å². The molecule has 0 aliphatic heterocycles. The summed E-state index contributed by atoms with van der Waals surface area (Å²) in [6, 6.07) is 15.9. The van der Waals surface area contributed by atoms with E-state index in [1.807, 2.05) is 56.3 Å². The highest BCUT2D eigenvalue weighted by Crippen LogP contribution is 2.27. The number of benzene rings is 2. The molecule has 4 nitrogen and oxygen atoms in total. The van der Waals surface area contributed by atoms with Crippen molar-refractivity contribution >= 4 is 27.8 Å². The summed E-state index contributed by atoms with van der Waals surface area (Å²) < 4.78 is 5.86. The van der Waals surface area contributed by atoms with Crippen LogP contribution in [0, 0.1) is 13.8 Å². The van der Waals surface area contributed by atoms with Gasteiger partial charge in [-0.3, -0.25) is 9.78 Å². The van der Waals surface area contributed by atoms with Crippen LogP contribution in [0.15, 0.2) is 59.1 Å². The molecule has 4 rings (SSSR count). The van der Waals surface area contributed by atoms with Crippen LogP contribution in [-0.4, -0.2) is 22.8 Å². The Morgan fingerprint density at radius 1 is 1.12 bits per heavy atom. The van der Waals surface area contributed by atoms with Gasteiger partial charge in [0.25, 0.3) is 5.91 Å². The third-order valence-electron chi connectivity index (χ3n) is 4.76. The molecule has 0 unspecified atom stereocenters. The highest BCUT2D eigenvalue weighted by Gasteiger charge is 2.21. The minimum atomic E-state index is -0.121. The van der Waals surface area contributed by atoms with Gasteiger partial charge in [-0.25, -0.2) is 0 Å². The molecule has 0 N–H and O–H groups in total. The predicted molar refractivity (Wildman–Crippen MR) is 103 cm³/mol. The van der Waals surface area contributed by atoms with E-state index in [9.17, 15) is 4.79 Å². The summed E-state index contributed by atoms with van der Waals surface area (Å²) in [5.41, 5.74) is 4.72. The van der Waals surface area contributed by atoms with Gasteiger partial charge in [-0.2, -0.15) is 0 Å². The minimum Gasteiger partial charge on any atom is -0.451 e. The van der Waals surface area contributed by atoms with E-state index in [1.54, 1.807) is 18.1 Å². The van der Waals surface area contributed by atoms with Crippen LogP contribution >= 0.6 is 0 Å². The number of hydrogen-bond donors (Lipinski definition) is 0. The first-order valence-corrected chi connectivity index (χ1v) is 8.62. The molecule has 0 fully saturated rings. The van der Waals surface area contributed by atoms with E-state index in [-0.39, 0.29) is 5.91 Å². The Labute approximate surface area is 152 Å². The van der Waals surface area contributed by atoms with E-state index >= 15 is 0 Å². The largest absolute Gasteiger partial charge is 0.451 e. The SMILES string of the molecule is Cc1ccc2oc(C(=O)N(C)Cc3cccc4cccnc34)c(C)c2c1. The number of carbonyl (C=O) groups excluding carboxylic acids is 1. The third-order valence-corrected chi connectivity index (χ3v) is 4.76. The number of aryl methyl sites for hydroxylation is 2. The highest BCUT2D eigenvalue weighted by molar-refractivity contribution is 5.99. The maximum atomic E-state index is 13.0. The zero-order valence-corrected chi connectivity index (χ0v) is 15.1. The second kappa shape index (κ2) is 6.30. The number of hydrogen-bond acceptors (Lipinski definition) is 3. The Morgan fingerprint density at radius 2 is 1.92 bits per heavy atom. The van der Waals surface area contributed by atoms with Crippen molar-refractivity contribution in [2.24, 2.45) is 0 Å². The summed E-state index contributed by atoms with van der Waals surface area (Å²) in [5, 5.41) is 2.06. The van der Waals surface area contributed by atoms with E-state index in [4.69, 9.17) is 4.42 Å². The first kappa shape index (κ1) is 16.3. The predicted octanol–water partition coefficient (Wildman–Crippen LogP) is 4.87. The van der Waals surface area contributed by atoms with Gasteiger partial charge in [-0.15, -0.1) is 0 Å². The van der Waals surface area contributed by atoms with Crippen molar-refractivity contribution in [2.45, 2.75) is 20.4 Å². The molecule has 130 valence electrons. The van der Waals surface area contributed by atoms with E-state index in [1.165, 1.54) is 0 Å². The molecule has 4 heteroatoms. The Hall–Kier alpha value is -3.14. The van der Waals surface area contributed by atoms with Gasteiger partial charge in [0.05, 0.1) is 5.52 Å². The third kappa shape index (κ3) is 2.73. The Morgan fingerprint density at radius 3 is 2.77 bits per heavy atom.